The number of piperidine rings is 1. The first-order chi connectivity index (χ1) is 13.2. The smallest absolute Gasteiger partial charge is 0.245 e. The molecular formula is C21H28N4O2. The van der Waals surface area contributed by atoms with Crippen molar-refractivity contribution in [3.8, 4) is 0 Å². The number of ether oxygens (including phenoxy) is 1. The summed E-state index contributed by atoms with van der Waals surface area (Å²) in [5.41, 5.74) is 1.63. The van der Waals surface area contributed by atoms with Crippen molar-refractivity contribution in [2.45, 2.75) is 24.9 Å². The molecule has 144 valence electrons. The molecule has 0 radical (unpaired) electrons. The van der Waals surface area contributed by atoms with Gasteiger partial charge in [-0.05, 0) is 42.7 Å². The fraction of sp³-hybridized carbons (Fsp3) is 0.429. The summed E-state index contributed by atoms with van der Waals surface area (Å²) in [7, 11) is 1.64. The van der Waals surface area contributed by atoms with E-state index in [4.69, 9.17) is 4.74 Å². The second kappa shape index (κ2) is 9.48. The molecule has 0 atom stereocenters. The Bertz CT molecular complexity index is 701. The molecule has 0 spiro atoms. The van der Waals surface area contributed by atoms with E-state index in [9.17, 15) is 4.79 Å². The highest BCUT2D eigenvalue weighted by molar-refractivity contribution is 5.89. The zero-order valence-corrected chi connectivity index (χ0v) is 15.9. The average molecular weight is 368 g/mol. The molecule has 1 fully saturated rings. The molecule has 1 aromatic carbocycles. The number of likely N-dealkylation sites (tertiary alicyclic amines) is 1. The van der Waals surface area contributed by atoms with E-state index in [-0.39, 0.29) is 5.91 Å². The number of carbonyl (C=O) groups is 1. The van der Waals surface area contributed by atoms with E-state index in [1.165, 1.54) is 5.56 Å². The molecular weight excluding hydrogens is 340 g/mol. The molecule has 2 heterocycles. The molecule has 27 heavy (non-hydrogen) atoms. The first kappa shape index (κ1) is 19.3. The van der Waals surface area contributed by atoms with Gasteiger partial charge in [-0.3, -0.25) is 14.7 Å². The van der Waals surface area contributed by atoms with E-state index in [1.807, 2.05) is 54.9 Å². The quantitative estimate of drug-likeness (QED) is 0.700. The van der Waals surface area contributed by atoms with Crippen molar-refractivity contribution >= 4 is 11.6 Å². The Hall–Kier alpha value is -2.44. The fourth-order valence-corrected chi connectivity index (χ4v) is 3.48. The number of aromatic nitrogens is 1. The van der Waals surface area contributed by atoms with Gasteiger partial charge in [-0.15, -0.1) is 0 Å². The van der Waals surface area contributed by atoms with Gasteiger partial charge in [0.2, 0.25) is 5.91 Å². The fourth-order valence-electron chi connectivity index (χ4n) is 3.48. The van der Waals surface area contributed by atoms with Crippen molar-refractivity contribution in [3.05, 3.63) is 60.4 Å². The third-order valence-corrected chi connectivity index (χ3v) is 5.05. The third kappa shape index (κ3) is 5.28. The van der Waals surface area contributed by atoms with Gasteiger partial charge >= 0.3 is 0 Å². The van der Waals surface area contributed by atoms with Gasteiger partial charge in [0.25, 0.3) is 0 Å². The molecule has 6 heteroatoms. The highest BCUT2D eigenvalue weighted by Crippen LogP contribution is 2.28. The van der Waals surface area contributed by atoms with Gasteiger partial charge in [-0.1, -0.05) is 18.2 Å². The molecule has 0 saturated carbocycles. The number of carbonyl (C=O) groups excluding carboxylic acids is 1. The molecule has 1 aliphatic rings. The van der Waals surface area contributed by atoms with Gasteiger partial charge in [0.15, 0.2) is 0 Å². The SMILES string of the molecule is COCCNC(=O)C1(Nc2ccccc2)CCN(Cc2ccncc2)CC1. The Morgan fingerprint density at radius 2 is 1.85 bits per heavy atom. The van der Waals surface area contributed by atoms with Gasteiger partial charge < -0.3 is 15.4 Å². The predicted molar refractivity (Wildman–Crippen MR) is 106 cm³/mol. The van der Waals surface area contributed by atoms with Crippen LogP contribution in [0.15, 0.2) is 54.9 Å². The molecule has 2 aromatic rings. The van der Waals surface area contributed by atoms with Crippen molar-refractivity contribution < 1.29 is 9.53 Å². The largest absolute Gasteiger partial charge is 0.383 e. The first-order valence-corrected chi connectivity index (χ1v) is 9.44. The molecule has 1 aliphatic heterocycles. The number of rotatable bonds is 8. The summed E-state index contributed by atoms with van der Waals surface area (Å²) in [6.07, 6.45) is 5.16. The number of nitrogens with zero attached hydrogens (tertiary/aromatic N) is 2. The van der Waals surface area contributed by atoms with Crippen molar-refractivity contribution in [2.24, 2.45) is 0 Å². The summed E-state index contributed by atoms with van der Waals surface area (Å²) < 4.78 is 5.07. The Morgan fingerprint density at radius 3 is 2.52 bits per heavy atom. The minimum atomic E-state index is -0.593. The summed E-state index contributed by atoms with van der Waals surface area (Å²) in [5.74, 6) is 0.0481. The molecule has 0 unspecified atom stereocenters. The Kier molecular flexibility index (Phi) is 6.79. The summed E-state index contributed by atoms with van der Waals surface area (Å²) in [6, 6.07) is 14.0. The predicted octanol–water partition coefficient (Wildman–Crippen LogP) is 2.29. The lowest BCUT2D eigenvalue weighted by molar-refractivity contribution is -0.127. The van der Waals surface area contributed by atoms with Crippen LogP contribution in [-0.2, 0) is 16.1 Å². The number of amides is 1. The van der Waals surface area contributed by atoms with E-state index in [2.05, 4.69) is 20.5 Å². The lowest BCUT2D eigenvalue weighted by Crippen LogP contribution is -2.58. The number of anilines is 1. The van der Waals surface area contributed by atoms with Crippen LogP contribution < -0.4 is 10.6 Å². The van der Waals surface area contributed by atoms with Crippen molar-refractivity contribution in [2.75, 3.05) is 38.7 Å². The monoisotopic (exact) mass is 368 g/mol. The summed E-state index contributed by atoms with van der Waals surface area (Å²) >= 11 is 0. The maximum absolute atomic E-state index is 13.0. The molecule has 6 nitrogen and oxygen atoms in total. The average Bonchev–Trinajstić information content (AvgIpc) is 2.71. The number of pyridine rings is 1. The summed E-state index contributed by atoms with van der Waals surface area (Å²) in [4.78, 5) is 19.5. The summed E-state index contributed by atoms with van der Waals surface area (Å²) in [5, 5.41) is 6.54. The van der Waals surface area contributed by atoms with Gasteiger partial charge in [-0.25, -0.2) is 0 Å². The van der Waals surface area contributed by atoms with Crippen LogP contribution in [0.3, 0.4) is 0 Å². The maximum atomic E-state index is 13.0. The number of para-hydroxylation sites is 1. The minimum Gasteiger partial charge on any atom is -0.383 e. The van der Waals surface area contributed by atoms with Crippen LogP contribution in [0.4, 0.5) is 5.69 Å². The number of benzene rings is 1. The zero-order chi connectivity index (χ0) is 19.0. The standard InChI is InChI=1S/C21H28N4O2/c1-27-16-13-23-20(26)21(24-19-5-3-2-4-6-19)9-14-25(15-10-21)17-18-7-11-22-12-8-18/h2-8,11-12,24H,9-10,13-17H2,1H3,(H,23,26). The molecule has 2 N–H and O–H groups in total. The van der Waals surface area contributed by atoms with Crippen molar-refractivity contribution in [1.29, 1.82) is 0 Å². The van der Waals surface area contributed by atoms with Crippen LogP contribution >= 0.6 is 0 Å². The van der Waals surface area contributed by atoms with Crippen LogP contribution in [0.1, 0.15) is 18.4 Å². The molecule has 1 saturated heterocycles. The lowest BCUT2D eigenvalue weighted by atomic mass is 9.85. The maximum Gasteiger partial charge on any atom is 0.245 e. The highest BCUT2D eigenvalue weighted by Gasteiger charge is 2.41. The van der Waals surface area contributed by atoms with Crippen LogP contribution in [0.25, 0.3) is 0 Å². The molecule has 0 aliphatic carbocycles. The Labute approximate surface area is 160 Å². The molecule has 3 rings (SSSR count). The van der Waals surface area contributed by atoms with E-state index < -0.39 is 5.54 Å². The van der Waals surface area contributed by atoms with Gasteiger partial charge in [0.05, 0.1) is 6.61 Å². The van der Waals surface area contributed by atoms with Gasteiger partial charge in [-0.2, -0.15) is 0 Å². The first-order valence-electron chi connectivity index (χ1n) is 9.44. The van der Waals surface area contributed by atoms with Gasteiger partial charge in [0, 0.05) is 51.4 Å². The summed E-state index contributed by atoms with van der Waals surface area (Å²) in [6.45, 7) is 3.64. The van der Waals surface area contributed by atoms with Crippen LogP contribution in [0, 0.1) is 0 Å². The van der Waals surface area contributed by atoms with E-state index in [0.29, 0.717) is 13.2 Å². The minimum absolute atomic E-state index is 0.0481. The normalized spacial score (nSPS) is 16.6. The second-order valence-corrected chi connectivity index (χ2v) is 6.95. The van der Waals surface area contributed by atoms with Crippen LogP contribution in [0.2, 0.25) is 0 Å². The topological polar surface area (TPSA) is 66.5 Å². The van der Waals surface area contributed by atoms with E-state index in [0.717, 1.165) is 38.2 Å². The Morgan fingerprint density at radius 1 is 1.15 bits per heavy atom. The number of nitrogens with one attached hydrogen (secondary N) is 2. The second-order valence-electron chi connectivity index (χ2n) is 6.95. The molecule has 1 amide bonds. The number of methoxy groups -OCH3 is 1. The third-order valence-electron chi connectivity index (χ3n) is 5.05. The molecule has 1 aromatic heterocycles. The van der Waals surface area contributed by atoms with Crippen LogP contribution in [0.5, 0.6) is 0 Å². The van der Waals surface area contributed by atoms with Crippen molar-refractivity contribution in [1.82, 2.24) is 15.2 Å². The number of hydrogen-bond acceptors (Lipinski definition) is 5. The van der Waals surface area contributed by atoms with E-state index in [1.54, 1.807) is 7.11 Å². The van der Waals surface area contributed by atoms with E-state index >= 15 is 0 Å². The zero-order valence-electron chi connectivity index (χ0n) is 15.9. The van der Waals surface area contributed by atoms with Gasteiger partial charge in [0.1, 0.15) is 5.54 Å². The molecule has 0 bridgehead atoms. The van der Waals surface area contributed by atoms with Crippen molar-refractivity contribution in [3.63, 3.8) is 0 Å². The number of hydrogen-bond donors (Lipinski definition) is 2. The Balaban J connectivity index is 1.67. The highest BCUT2D eigenvalue weighted by atomic mass is 16.5. The lowest BCUT2D eigenvalue weighted by Gasteiger charge is -2.41. The van der Waals surface area contributed by atoms with Crippen LogP contribution in [-0.4, -0.2) is 54.7 Å².